The number of nitrogens with zero attached hydrogens (tertiary/aromatic N) is 3. The maximum Gasteiger partial charge on any atom is 0.252 e. The van der Waals surface area contributed by atoms with Crippen molar-refractivity contribution in [2.45, 2.75) is 49.5 Å². The lowest BCUT2D eigenvalue weighted by atomic mass is 9.97. The number of nitriles is 1. The van der Waals surface area contributed by atoms with Crippen LogP contribution < -0.4 is 4.90 Å². The fourth-order valence-corrected chi connectivity index (χ4v) is 5.96. The lowest BCUT2D eigenvalue weighted by Gasteiger charge is -2.27. The number of anilines is 1. The first-order valence-electron chi connectivity index (χ1n) is 11.0. The van der Waals surface area contributed by atoms with Crippen LogP contribution in [-0.2, 0) is 19.6 Å². The molecule has 8 heteroatoms. The summed E-state index contributed by atoms with van der Waals surface area (Å²) < 4.78 is 28.3. The largest absolute Gasteiger partial charge is 0.274 e. The van der Waals surface area contributed by atoms with Crippen LogP contribution in [0.1, 0.15) is 44.1 Å². The Morgan fingerprint density at radius 1 is 1.03 bits per heavy atom. The van der Waals surface area contributed by atoms with Gasteiger partial charge in [-0.25, -0.2) is 13.3 Å². The topological polar surface area (TPSA) is 98.5 Å². The van der Waals surface area contributed by atoms with E-state index in [1.807, 2.05) is 6.07 Å². The molecule has 1 unspecified atom stereocenters. The van der Waals surface area contributed by atoms with Gasteiger partial charge in [0.15, 0.2) is 0 Å². The minimum Gasteiger partial charge on any atom is -0.274 e. The highest BCUT2D eigenvalue weighted by molar-refractivity contribution is 7.89. The predicted octanol–water partition coefficient (Wildman–Crippen LogP) is 3.77. The fraction of sp³-hybridized carbons (Fsp3) is 0.320. The molecule has 2 aromatic carbocycles. The molecule has 1 aliphatic carbocycles. The normalized spacial score (nSPS) is 19.0. The Morgan fingerprint density at radius 2 is 1.76 bits per heavy atom. The highest BCUT2D eigenvalue weighted by Crippen LogP contribution is 2.31. The third kappa shape index (κ3) is 4.75. The summed E-state index contributed by atoms with van der Waals surface area (Å²) in [4.78, 5) is 27.3. The molecule has 170 valence electrons. The molecule has 4 rings (SSSR count). The molecule has 7 nitrogen and oxygen atoms in total. The summed E-state index contributed by atoms with van der Waals surface area (Å²) in [7, 11) is -3.99. The monoisotopic (exact) mass is 463 g/mol. The van der Waals surface area contributed by atoms with E-state index in [1.165, 1.54) is 46.3 Å². The van der Waals surface area contributed by atoms with Crippen LogP contribution in [0.25, 0.3) is 0 Å². The first-order chi connectivity index (χ1) is 15.9. The molecule has 0 spiro atoms. The second-order valence-electron chi connectivity index (χ2n) is 8.23. The summed E-state index contributed by atoms with van der Waals surface area (Å²) in [6, 6.07) is 15.0. The van der Waals surface area contributed by atoms with E-state index in [0.29, 0.717) is 17.7 Å². The molecule has 2 amide bonds. The third-order valence-corrected chi connectivity index (χ3v) is 8.04. The van der Waals surface area contributed by atoms with Crippen LogP contribution in [0.4, 0.5) is 5.69 Å². The lowest BCUT2D eigenvalue weighted by molar-refractivity contribution is -0.122. The van der Waals surface area contributed by atoms with Gasteiger partial charge in [0.1, 0.15) is 6.04 Å². The van der Waals surface area contributed by atoms with E-state index >= 15 is 0 Å². The molecule has 1 fully saturated rings. The number of rotatable bonds is 7. The molecule has 33 heavy (non-hydrogen) atoms. The molecule has 0 saturated carbocycles. The maximum absolute atomic E-state index is 13.6. The maximum atomic E-state index is 13.6. The fourth-order valence-electron chi connectivity index (χ4n) is 4.35. The Bertz CT molecular complexity index is 1210. The molecule has 1 atom stereocenters. The van der Waals surface area contributed by atoms with Gasteiger partial charge in [-0.05, 0) is 68.5 Å². The number of amides is 2. The third-order valence-electron chi connectivity index (χ3n) is 6.11. The van der Waals surface area contributed by atoms with Crippen LogP contribution in [-0.4, -0.2) is 37.1 Å². The predicted molar refractivity (Wildman–Crippen MR) is 124 cm³/mol. The van der Waals surface area contributed by atoms with Crippen molar-refractivity contribution in [3.05, 3.63) is 71.8 Å². The van der Waals surface area contributed by atoms with E-state index < -0.39 is 27.9 Å². The van der Waals surface area contributed by atoms with Gasteiger partial charge < -0.3 is 0 Å². The highest BCUT2D eigenvalue weighted by Gasteiger charge is 2.46. The first-order valence-corrected chi connectivity index (χ1v) is 12.5. The van der Waals surface area contributed by atoms with Gasteiger partial charge in [-0.1, -0.05) is 29.8 Å². The molecule has 1 saturated heterocycles. The van der Waals surface area contributed by atoms with Crippen molar-refractivity contribution in [2.75, 3.05) is 11.4 Å². The molecular formula is C25H25N3O4S. The van der Waals surface area contributed by atoms with Crippen LogP contribution >= 0.6 is 0 Å². The first kappa shape index (κ1) is 22.9. The van der Waals surface area contributed by atoms with Crippen molar-refractivity contribution in [3.63, 3.8) is 0 Å². The number of carbonyl (C=O) groups is 2. The molecule has 2 aliphatic rings. The summed E-state index contributed by atoms with van der Waals surface area (Å²) in [5.41, 5.74) is 1.93. The quantitative estimate of drug-likeness (QED) is 0.460. The average molecular weight is 464 g/mol. The van der Waals surface area contributed by atoms with E-state index in [4.69, 9.17) is 5.26 Å². The van der Waals surface area contributed by atoms with Crippen LogP contribution in [0.5, 0.6) is 0 Å². The van der Waals surface area contributed by atoms with Crippen molar-refractivity contribution >= 4 is 27.5 Å². The average Bonchev–Trinajstić information content (AvgIpc) is 3.13. The summed E-state index contributed by atoms with van der Waals surface area (Å²) in [5.74, 6) is -1.03. The Morgan fingerprint density at radius 3 is 2.39 bits per heavy atom. The molecule has 1 heterocycles. The summed E-state index contributed by atoms with van der Waals surface area (Å²) in [6.45, 7) is 0.133. The number of hydrogen-bond acceptors (Lipinski definition) is 5. The van der Waals surface area contributed by atoms with Gasteiger partial charge in [-0.2, -0.15) is 9.57 Å². The van der Waals surface area contributed by atoms with E-state index in [9.17, 15) is 18.0 Å². The van der Waals surface area contributed by atoms with E-state index in [0.717, 1.165) is 30.6 Å². The lowest BCUT2D eigenvalue weighted by Crippen LogP contribution is -2.46. The summed E-state index contributed by atoms with van der Waals surface area (Å²) in [6.07, 6.45) is 6.57. The number of benzene rings is 2. The van der Waals surface area contributed by atoms with Gasteiger partial charge in [0.2, 0.25) is 15.9 Å². The van der Waals surface area contributed by atoms with Crippen molar-refractivity contribution in [1.82, 2.24) is 4.31 Å². The van der Waals surface area contributed by atoms with Crippen LogP contribution in [0.3, 0.4) is 0 Å². The van der Waals surface area contributed by atoms with Gasteiger partial charge in [-0.3, -0.25) is 9.59 Å². The van der Waals surface area contributed by atoms with E-state index in [-0.39, 0.29) is 17.9 Å². The molecule has 0 bridgehead atoms. The SMILES string of the molecule is N#Cc1ccc(N2C(=O)CC(N(CCC3=CCCCC3)S(=O)(=O)c3ccccc3)C2=O)cc1. The minimum absolute atomic E-state index is 0.0969. The van der Waals surface area contributed by atoms with Crippen LogP contribution in [0.15, 0.2) is 71.1 Å². The van der Waals surface area contributed by atoms with Gasteiger partial charge in [0.05, 0.1) is 28.6 Å². The molecule has 0 aromatic heterocycles. The van der Waals surface area contributed by atoms with Crippen molar-refractivity contribution in [3.8, 4) is 6.07 Å². The minimum atomic E-state index is -3.99. The van der Waals surface area contributed by atoms with Crippen LogP contribution in [0.2, 0.25) is 0 Å². The second-order valence-corrected chi connectivity index (χ2v) is 10.1. The van der Waals surface area contributed by atoms with Crippen molar-refractivity contribution in [1.29, 1.82) is 5.26 Å². The Hall–Kier alpha value is -3.28. The Balaban J connectivity index is 1.65. The van der Waals surface area contributed by atoms with Crippen molar-refractivity contribution in [2.24, 2.45) is 0 Å². The Labute approximate surface area is 194 Å². The summed E-state index contributed by atoms with van der Waals surface area (Å²) in [5, 5.41) is 9.00. The molecule has 2 aromatic rings. The second kappa shape index (κ2) is 9.69. The summed E-state index contributed by atoms with van der Waals surface area (Å²) >= 11 is 0. The standard InChI is InChI=1S/C25H25N3O4S/c26-18-20-11-13-21(14-12-20)28-24(29)17-23(25(28)30)27(16-15-19-7-3-1-4-8-19)33(31,32)22-9-5-2-6-10-22/h2,5-7,9-14,23H,1,3-4,8,15-17H2. The smallest absolute Gasteiger partial charge is 0.252 e. The van der Waals surface area contributed by atoms with Gasteiger partial charge in [0, 0.05) is 6.54 Å². The zero-order chi connectivity index (χ0) is 23.4. The highest BCUT2D eigenvalue weighted by atomic mass is 32.2. The molecular weight excluding hydrogens is 438 g/mol. The zero-order valence-corrected chi connectivity index (χ0v) is 19.0. The van der Waals surface area contributed by atoms with Gasteiger partial charge in [-0.15, -0.1) is 0 Å². The van der Waals surface area contributed by atoms with E-state index in [2.05, 4.69) is 6.08 Å². The number of allylic oxidation sites excluding steroid dienone is 1. The number of carbonyl (C=O) groups excluding carboxylic acids is 2. The van der Waals surface area contributed by atoms with Crippen LogP contribution in [0, 0.1) is 11.3 Å². The molecule has 1 aliphatic heterocycles. The number of sulfonamides is 1. The molecule has 0 radical (unpaired) electrons. The Kier molecular flexibility index (Phi) is 6.72. The van der Waals surface area contributed by atoms with Crippen molar-refractivity contribution < 1.29 is 18.0 Å². The molecule has 0 N–H and O–H groups in total. The number of hydrogen-bond donors (Lipinski definition) is 0. The van der Waals surface area contributed by atoms with Gasteiger partial charge in [0.25, 0.3) is 5.91 Å². The zero-order valence-electron chi connectivity index (χ0n) is 18.2. The number of imide groups is 1. The van der Waals surface area contributed by atoms with Gasteiger partial charge >= 0.3 is 0 Å². The van der Waals surface area contributed by atoms with E-state index in [1.54, 1.807) is 18.2 Å².